The number of aliphatic carboxylic acids is 3. The van der Waals surface area contributed by atoms with Crippen LogP contribution in [0.2, 0.25) is 0 Å². The summed E-state index contributed by atoms with van der Waals surface area (Å²) in [5.74, 6) is -25.4. The first-order valence-electron chi connectivity index (χ1n) is 19.1. The van der Waals surface area contributed by atoms with Crippen molar-refractivity contribution in [3.05, 3.63) is 109 Å². The maximum absolute atomic E-state index is 14.5. The highest BCUT2D eigenvalue weighted by atomic mass is 16.6. The van der Waals surface area contributed by atoms with Crippen molar-refractivity contribution in [2.24, 2.45) is 11.8 Å². The lowest BCUT2D eigenvalue weighted by atomic mass is 9.71. The van der Waals surface area contributed by atoms with Crippen molar-refractivity contribution in [1.29, 1.82) is 0 Å². The van der Waals surface area contributed by atoms with Gasteiger partial charge >= 0.3 is 41.4 Å². The Balaban J connectivity index is 1.41. The normalized spacial score (nSPS) is 23.2. The molecule has 344 valence electrons. The van der Waals surface area contributed by atoms with Crippen molar-refractivity contribution in [1.82, 2.24) is 0 Å². The van der Waals surface area contributed by atoms with Gasteiger partial charge in [-0.1, -0.05) is 6.07 Å². The van der Waals surface area contributed by atoms with Gasteiger partial charge in [0.1, 0.15) is 18.3 Å². The molecule has 1 aliphatic heterocycles. The number of ether oxygens (including phenoxy) is 3. The largest absolute Gasteiger partial charge is 0.504 e. The van der Waals surface area contributed by atoms with Gasteiger partial charge in [0.15, 0.2) is 40.6 Å². The molecule has 0 bridgehead atoms. The molecule has 66 heavy (non-hydrogen) atoms. The molecule has 0 radical (unpaired) electrons. The molecule has 8 atom stereocenters. The Morgan fingerprint density at radius 2 is 1.29 bits per heavy atom. The first-order valence-corrected chi connectivity index (χ1v) is 19.1. The van der Waals surface area contributed by atoms with Crippen molar-refractivity contribution in [3.63, 3.8) is 0 Å². The molecule has 3 aliphatic rings. The van der Waals surface area contributed by atoms with Gasteiger partial charge in [-0.05, 0) is 76.9 Å². The molecule has 2 heterocycles. The average molecular weight is 919 g/mol. The number of carbonyl (C=O) groups excluding carboxylic acids is 2. The number of esters is 2. The van der Waals surface area contributed by atoms with Crippen LogP contribution in [0.3, 0.4) is 0 Å². The minimum absolute atomic E-state index is 0.195. The highest BCUT2D eigenvalue weighted by Gasteiger charge is 2.48. The molecule has 23 heteroatoms. The molecule has 0 unspecified atom stereocenters. The number of aromatic hydroxyl groups is 6. The number of rotatable bonds is 11. The van der Waals surface area contributed by atoms with Crippen molar-refractivity contribution < 1.29 is 109 Å². The number of phenolic OH excluding ortho intramolecular Hbond substituents is 6. The summed E-state index contributed by atoms with van der Waals surface area (Å²) in [6, 6.07) is 7.15. The van der Waals surface area contributed by atoms with Crippen LogP contribution in [0.1, 0.15) is 62.2 Å². The number of hydrogen-bond donors (Lipinski definition) is 12. The number of carboxylic acid groups (broad SMARTS) is 4. The molecule has 0 amide bonds. The van der Waals surface area contributed by atoms with Crippen LogP contribution < -0.4 is 10.4 Å². The van der Waals surface area contributed by atoms with Gasteiger partial charge in [0, 0.05) is 23.0 Å². The molecule has 23 nitrogen and oxygen atoms in total. The summed E-state index contributed by atoms with van der Waals surface area (Å²) in [7, 11) is 0. The van der Waals surface area contributed by atoms with Gasteiger partial charge in [0.2, 0.25) is 11.5 Å². The minimum Gasteiger partial charge on any atom is -0.504 e. The van der Waals surface area contributed by atoms with E-state index in [2.05, 4.69) is 0 Å². The number of fused-ring (bicyclic) bond motifs is 2. The van der Waals surface area contributed by atoms with Crippen LogP contribution in [0.15, 0.2) is 68.9 Å². The highest BCUT2D eigenvalue weighted by Crippen LogP contribution is 2.53. The van der Waals surface area contributed by atoms with Crippen molar-refractivity contribution in [2.45, 2.75) is 42.7 Å². The Kier molecular flexibility index (Phi) is 11.9. The molecule has 1 saturated heterocycles. The third-order valence-electron chi connectivity index (χ3n) is 11.3. The Labute approximate surface area is 366 Å². The van der Waals surface area contributed by atoms with E-state index in [4.69, 9.17) is 18.6 Å². The third-order valence-corrected chi connectivity index (χ3v) is 11.3. The Bertz CT molecular complexity index is 2870. The first kappa shape index (κ1) is 45.6. The quantitative estimate of drug-likeness (QED) is 0.0570. The molecule has 0 saturated carbocycles. The molecule has 7 rings (SSSR count). The van der Waals surface area contributed by atoms with Crippen molar-refractivity contribution in [3.8, 4) is 40.2 Å². The zero-order valence-corrected chi connectivity index (χ0v) is 33.2. The zero-order chi connectivity index (χ0) is 48.2. The van der Waals surface area contributed by atoms with E-state index in [0.717, 1.165) is 54.6 Å². The standard InChI is InChI=1S/C43H34O23/c44-21-3-1-13(6-22(21)45)30-17-10-25(48)34(52)36(18(17)8-20(32(30)39(56)57)43(62)66-37-28(11-29(50)51)63-12-26(49)35(37)53)65-42(61)19-5-14-7-23(46)24(47)9-16(14)31(33(19)40(58)59)15-2-4-27(38(54)55)64-41(15)60/h1-10,26,28,30-33,35,37,44-49,52-53H,11-12H2,(H,50,51)(H,54,55)(H,56,57)(H,58,59)/t26-,28+,30+,31+,32-,33+,35+,37+/m1/s1. The van der Waals surface area contributed by atoms with Gasteiger partial charge in [-0.25, -0.2) is 19.2 Å². The summed E-state index contributed by atoms with van der Waals surface area (Å²) in [5, 5.41) is 125. The average Bonchev–Trinajstić information content (AvgIpc) is 3.25. The van der Waals surface area contributed by atoms with Gasteiger partial charge in [-0.2, -0.15) is 0 Å². The second-order valence-electron chi connectivity index (χ2n) is 15.2. The lowest BCUT2D eigenvalue weighted by Gasteiger charge is -2.38. The smallest absolute Gasteiger partial charge is 0.371 e. The monoisotopic (exact) mass is 918 g/mol. The molecule has 0 spiro atoms. The van der Waals surface area contributed by atoms with Gasteiger partial charge in [0.25, 0.3) is 0 Å². The number of phenols is 6. The fourth-order valence-electron chi connectivity index (χ4n) is 8.24. The Hall–Kier alpha value is -8.41. The van der Waals surface area contributed by atoms with Gasteiger partial charge in [-0.3, -0.25) is 14.4 Å². The number of aliphatic hydroxyl groups is 2. The predicted octanol–water partition coefficient (Wildman–Crippen LogP) is 1.14. The Morgan fingerprint density at radius 1 is 0.667 bits per heavy atom. The van der Waals surface area contributed by atoms with E-state index in [1.807, 2.05) is 0 Å². The maximum Gasteiger partial charge on any atom is 0.371 e. The zero-order valence-electron chi connectivity index (χ0n) is 33.2. The number of hydrogen-bond acceptors (Lipinski definition) is 19. The van der Waals surface area contributed by atoms with E-state index >= 15 is 0 Å². The molecular formula is C43H34O23. The number of carbonyl (C=O) groups is 6. The predicted molar refractivity (Wildman–Crippen MR) is 213 cm³/mol. The molecule has 1 aromatic heterocycles. The van der Waals surface area contributed by atoms with E-state index in [9.17, 15) is 94.8 Å². The van der Waals surface area contributed by atoms with E-state index in [0.29, 0.717) is 6.08 Å². The molecule has 1 fully saturated rings. The molecule has 3 aromatic carbocycles. The van der Waals surface area contributed by atoms with Crippen LogP contribution in [0.4, 0.5) is 0 Å². The van der Waals surface area contributed by atoms with Gasteiger partial charge in [-0.15, -0.1) is 0 Å². The molecule has 2 aliphatic carbocycles. The van der Waals surface area contributed by atoms with E-state index in [1.54, 1.807) is 0 Å². The summed E-state index contributed by atoms with van der Waals surface area (Å²) >= 11 is 0. The second-order valence-corrected chi connectivity index (χ2v) is 15.2. The number of benzene rings is 3. The van der Waals surface area contributed by atoms with Crippen LogP contribution in [0.5, 0.6) is 40.2 Å². The topological polar surface area (TPSA) is 403 Å². The lowest BCUT2D eigenvalue weighted by Crippen LogP contribution is -2.55. The highest BCUT2D eigenvalue weighted by molar-refractivity contribution is 6.05. The van der Waals surface area contributed by atoms with Crippen molar-refractivity contribution in [2.75, 3.05) is 6.61 Å². The van der Waals surface area contributed by atoms with E-state index in [1.165, 1.54) is 0 Å². The minimum atomic E-state index is -2.19. The lowest BCUT2D eigenvalue weighted by molar-refractivity contribution is -0.208. The first-order chi connectivity index (χ1) is 31.1. The number of aliphatic hydroxyl groups excluding tert-OH is 2. The summed E-state index contributed by atoms with van der Waals surface area (Å²) in [6.07, 6.45) is -6.57. The van der Waals surface area contributed by atoms with Crippen LogP contribution >= 0.6 is 0 Å². The molecule has 4 aromatic rings. The van der Waals surface area contributed by atoms with Crippen molar-refractivity contribution >= 4 is 48.0 Å². The second kappa shape index (κ2) is 17.3. The van der Waals surface area contributed by atoms with E-state index in [-0.39, 0.29) is 22.3 Å². The molecule has 12 N–H and O–H groups in total. The summed E-state index contributed by atoms with van der Waals surface area (Å²) in [4.78, 5) is 91.5. The van der Waals surface area contributed by atoms with Gasteiger partial charge in [0.05, 0.1) is 36.0 Å². The fourth-order valence-corrected chi connectivity index (χ4v) is 8.24. The van der Waals surface area contributed by atoms with E-state index < -0.39 is 171 Å². The van der Waals surface area contributed by atoms with Crippen LogP contribution in [0, 0.1) is 11.8 Å². The number of aromatic carboxylic acids is 1. The maximum atomic E-state index is 14.5. The molecular weight excluding hydrogens is 884 g/mol. The fraction of sp³-hybridized carbons (Fsp3) is 0.233. The third kappa shape index (κ3) is 8.15. The van der Waals surface area contributed by atoms with Crippen LogP contribution in [0.25, 0.3) is 12.2 Å². The SMILES string of the molecule is O=C(O)C[C@@H]1OC[C@@H](O)[C@H](O)[C@H]1OC(=O)C1=Cc2c(cc(O)c(O)c2OC(=O)C2=Cc3cc(O)c(O)cc3[C@H](c3ccc(C(=O)O)oc3=O)[C@H]2C(=O)O)[C@H](c2ccc(O)c(O)c2)[C@@H]1C(=O)O. The van der Waals surface area contributed by atoms with Gasteiger partial charge < -0.3 is 79.9 Å². The number of carboxylic acids is 4. The summed E-state index contributed by atoms with van der Waals surface area (Å²) in [6.45, 7) is -0.593. The summed E-state index contributed by atoms with van der Waals surface area (Å²) < 4.78 is 21.2. The summed E-state index contributed by atoms with van der Waals surface area (Å²) in [5.41, 5.74) is -5.27. The van der Waals surface area contributed by atoms with Crippen LogP contribution in [-0.2, 0) is 33.4 Å². The van der Waals surface area contributed by atoms with Crippen LogP contribution in [-0.4, -0.2) is 128 Å². The Morgan fingerprint density at radius 3 is 1.91 bits per heavy atom.